The molecule has 0 saturated heterocycles. The number of hydrogen-bond donors (Lipinski definition) is 1. The van der Waals surface area contributed by atoms with Crippen LogP contribution in [0, 0.1) is 0 Å². The van der Waals surface area contributed by atoms with Gasteiger partial charge in [-0.15, -0.1) is 11.8 Å². The molecule has 3 rings (SSSR count). The molecule has 1 aliphatic heterocycles. The average Bonchev–Trinajstić information content (AvgIpc) is 2.56. The summed E-state index contributed by atoms with van der Waals surface area (Å²) in [5, 5.41) is 3.20. The van der Waals surface area contributed by atoms with E-state index in [1.807, 2.05) is 48.0 Å². The van der Waals surface area contributed by atoms with E-state index in [0.717, 1.165) is 18.7 Å². The third-order valence-electron chi connectivity index (χ3n) is 4.00. The number of nitrogens with one attached hydrogen (secondary N) is 1. The number of likely N-dealkylation sites (N-methyl/N-ethyl adjacent to an activating group) is 1. The van der Waals surface area contributed by atoms with Crippen LogP contribution >= 0.6 is 11.8 Å². The Hall–Kier alpha value is -1.78. The predicted octanol–water partition coefficient (Wildman–Crippen LogP) is 3.47. The standard InChI is InChI=1S/C19H22N2OS/c1-21(13-15-7-3-2-4-8-15)14-19(22)20-17-11-12-23-18-10-6-5-9-16(17)18/h2-10,17H,11-14H2,1H3,(H,20,22)/t17-/m1/s1. The van der Waals surface area contributed by atoms with Gasteiger partial charge in [-0.05, 0) is 30.7 Å². The maximum absolute atomic E-state index is 12.4. The van der Waals surface area contributed by atoms with Crippen molar-refractivity contribution < 1.29 is 4.79 Å². The Morgan fingerprint density at radius 1 is 1.17 bits per heavy atom. The van der Waals surface area contributed by atoms with Crippen molar-refractivity contribution in [2.24, 2.45) is 0 Å². The molecule has 0 aromatic heterocycles. The average molecular weight is 326 g/mol. The Labute approximate surface area is 142 Å². The highest BCUT2D eigenvalue weighted by atomic mass is 32.2. The lowest BCUT2D eigenvalue weighted by atomic mass is 10.0. The molecule has 0 saturated carbocycles. The zero-order valence-electron chi connectivity index (χ0n) is 13.4. The Bertz CT molecular complexity index is 659. The van der Waals surface area contributed by atoms with E-state index in [1.54, 1.807) is 0 Å². The lowest BCUT2D eigenvalue weighted by molar-refractivity contribution is -0.122. The Kier molecular flexibility index (Phi) is 5.36. The predicted molar refractivity (Wildman–Crippen MR) is 95.4 cm³/mol. The smallest absolute Gasteiger partial charge is 0.234 e. The van der Waals surface area contributed by atoms with Crippen molar-refractivity contribution in [1.82, 2.24) is 10.2 Å². The quantitative estimate of drug-likeness (QED) is 0.913. The van der Waals surface area contributed by atoms with Gasteiger partial charge < -0.3 is 5.32 Å². The van der Waals surface area contributed by atoms with Crippen molar-refractivity contribution in [2.45, 2.75) is 23.9 Å². The highest BCUT2D eigenvalue weighted by Crippen LogP contribution is 2.35. The molecule has 1 amide bonds. The number of rotatable bonds is 5. The van der Waals surface area contributed by atoms with Gasteiger partial charge in [-0.3, -0.25) is 9.69 Å². The highest BCUT2D eigenvalue weighted by Gasteiger charge is 2.22. The molecular formula is C19H22N2OS. The number of fused-ring (bicyclic) bond motifs is 1. The number of hydrogen-bond acceptors (Lipinski definition) is 3. The number of amides is 1. The Morgan fingerprint density at radius 2 is 1.91 bits per heavy atom. The van der Waals surface area contributed by atoms with Crippen LogP contribution < -0.4 is 5.32 Å². The normalized spacial score (nSPS) is 16.9. The number of carbonyl (C=O) groups is 1. The Balaban J connectivity index is 1.56. The fourth-order valence-electron chi connectivity index (χ4n) is 2.93. The van der Waals surface area contributed by atoms with Crippen LogP contribution in [0.2, 0.25) is 0 Å². The van der Waals surface area contributed by atoms with Crippen LogP contribution in [-0.2, 0) is 11.3 Å². The van der Waals surface area contributed by atoms with E-state index in [0.29, 0.717) is 6.54 Å². The van der Waals surface area contributed by atoms with Crippen molar-refractivity contribution in [3.05, 3.63) is 65.7 Å². The highest BCUT2D eigenvalue weighted by molar-refractivity contribution is 7.99. The summed E-state index contributed by atoms with van der Waals surface area (Å²) in [6.07, 6.45) is 0.996. The van der Waals surface area contributed by atoms with E-state index in [9.17, 15) is 4.79 Å². The lowest BCUT2D eigenvalue weighted by Crippen LogP contribution is -2.38. The first kappa shape index (κ1) is 16.1. The van der Waals surface area contributed by atoms with Crippen LogP contribution in [0.4, 0.5) is 0 Å². The maximum Gasteiger partial charge on any atom is 0.234 e. The molecule has 1 heterocycles. The zero-order chi connectivity index (χ0) is 16.1. The molecule has 120 valence electrons. The molecule has 0 fully saturated rings. The molecule has 23 heavy (non-hydrogen) atoms. The number of benzene rings is 2. The molecule has 0 bridgehead atoms. The number of carbonyl (C=O) groups excluding carboxylic acids is 1. The monoisotopic (exact) mass is 326 g/mol. The van der Waals surface area contributed by atoms with Crippen molar-refractivity contribution in [3.8, 4) is 0 Å². The summed E-state index contributed by atoms with van der Waals surface area (Å²) in [5.41, 5.74) is 2.48. The Morgan fingerprint density at radius 3 is 2.74 bits per heavy atom. The third-order valence-corrected chi connectivity index (χ3v) is 5.13. The summed E-state index contributed by atoms with van der Waals surface area (Å²) >= 11 is 1.87. The largest absolute Gasteiger partial charge is 0.348 e. The topological polar surface area (TPSA) is 32.3 Å². The maximum atomic E-state index is 12.4. The van der Waals surface area contributed by atoms with E-state index >= 15 is 0 Å². The van der Waals surface area contributed by atoms with Crippen LogP contribution in [-0.4, -0.2) is 30.2 Å². The van der Waals surface area contributed by atoms with Crippen molar-refractivity contribution >= 4 is 17.7 Å². The van der Waals surface area contributed by atoms with Crippen molar-refractivity contribution in [3.63, 3.8) is 0 Å². The first-order valence-corrected chi connectivity index (χ1v) is 8.94. The van der Waals surface area contributed by atoms with Crippen LogP contribution in [0.1, 0.15) is 23.6 Å². The number of thioether (sulfide) groups is 1. The van der Waals surface area contributed by atoms with Gasteiger partial charge in [0.1, 0.15) is 0 Å². The summed E-state index contributed by atoms with van der Waals surface area (Å²) in [6.45, 7) is 1.20. The van der Waals surface area contributed by atoms with Gasteiger partial charge in [0.25, 0.3) is 0 Å². The van der Waals surface area contributed by atoms with Gasteiger partial charge in [-0.25, -0.2) is 0 Å². The van der Waals surface area contributed by atoms with Gasteiger partial charge in [0.15, 0.2) is 0 Å². The van der Waals surface area contributed by atoms with Gasteiger partial charge in [-0.2, -0.15) is 0 Å². The van der Waals surface area contributed by atoms with Gasteiger partial charge in [0, 0.05) is 17.2 Å². The van der Waals surface area contributed by atoms with Crippen LogP contribution in [0.25, 0.3) is 0 Å². The molecule has 0 aliphatic carbocycles. The van der Waals surface area contributed by atoms with Crippen LogP contribution in [0.5, 0.6) is 0 Å². The molecule has 2 aromatic rings. The first-order valence-electron chi connectivity index (χ1n) is 7.96. The van der Waals surface area contributed by atoms with E-state index in [2.05, 4.69) is 35.6 Å². The second-order valence-electron chi connectivity index (χ2n) is 5.95. The summed E-state index contributed by atoms with van der Waals surface area (Å²) in [6, 6.07) is 18.8. The summed E-state index contributed by atoms with van der Waals surface area (Å²) in [7, 11) is 1.98. The minimum Gasteiger partial charge on any atom is -0.348 e. The lowest BCUT2D eigenvalue weighted by Gasteiger charge is -2.27. The summed E-state index contributed by atoms with van der Waals surface area (Å²) in [4.78, 5) is 15.7. The molecule has 2 aromatic carbocycles. The van der Waals surface area contributed by atoms with E-state index < -0.39 is 0 Å². The minimum atomic E-state index is 0.0927. The zero-order valence-corrected chi connectivity index (χ0v) is 14.2. The fraction of sp³-hybridized carbons (Fsp3) is 0.316. The second-order valence-corrected chi connectivity index (χ2v) is 7.09. The van der Waals surface area contributed by atoms with Gasteiger partial charge in [-0.1, -0.05) is 48.5 Å². The van der Waals surface area contributed by atoms with Gasteiger partial charge in [0.05, 0.1) is 12.6 Å². The van der Waals surface area contributed by atoms with Crippen molar-refractivity contribution in [1.29, 1.82) is 0 Å². The molecule has 1 aliphatic rings. The van der Waals surface area contributed by atoms with E-state index in [1.165, 1.54) is 16.0 Å². The SMILES string of the molecule is CN(CC(=O)N[C@@H]1CCSc2ccccc21)Cc1ccccc1. The molecular weight excluding hydrogens is 304 g/mol. The van der Waals surface area contributed by atoms with Crippen molar-refractivity contribution in [2.75, 3.05) is 19.3 Å². The minimum absolute atomic E-state index is 0.0927. The molecule has 0 spiro atoms. The van der Waals surface area contributed by atoms with Gasteiger partial charge >= 0.3 is 0 Å². The van der Waals surface area contributed by atoms with Gasteiger partial charge in [0.2, 0.25) is 5.91 Å². The van der Waals surface area contributed by atoms with E-state index in [4.69, 9.17) is 0 Å². The molecule has 1 atom stereocenters. The van der Waals surface area contributed by atoms with Crippen LogP contribution in [0.15, 0.2) is 59.5 Å². The summed E-state index contributed by atoms with van der Waals surface area (Å²) in [5.74, 6) is 1.15. The molecule has 3 nitrogen and oxygen atoms in total. The molecule has 4 heteroatoms. The fourth-order valence-corrected chi connectivity index (χ4v) is 4.05. The molecule has 1 N–H and O–H groups in total. The molecule has 0 radical (unpaired) electrons. The summed E-state index contributed by atoms with van der Waals surface area (Å²) < 4.78 is 0. The molecule has 0 unspecified atom stereocenters. The van der Waals surface area contributed by atoms with Crippen LogP contribution in [0.3, 0.4) is 0 Å². The second kappa shape index (κ2) is 7.66. The first-order chi connectivity index (χ1) is 11.2. The number of nitrogens with zero attached hydrogens (tertiary/aromatic N) is 1. The third kappa shape index (κ3) is 4.36. The van der Waals surface area contributed by atoms with E-state index in [-0.39, 0.29) is 11.9 Å².